The van der Waals surface area contributed by atoms with Gasteiger partial charge in [0.05, 0.1) is 19.3 Å². The number of hydrogen-bond donors (Lipinski definition) is 1. The molecule has 1 aliphatic rings. The molecule has 0 saturated carbocycles. The number of rotatable bonds is 5. The lowest BCUT2D eigenvalue weighted by Gasteiger charge is -2.09. The summed E-state index contributed by atoms with van der Waals surface area (Å²) in [6.07, 6.45) is 2.42. The van der Waals surface area contributed by atoms with Gasteiger partial charge in [-0.3, -0.25) is 0 Å². The van der Waals surface area contributed by atoms with Crippen molar-refractivity contribution in [3.8, 4) is 17.6 Å². The van der Waals surface area contributed by atoms with Crippen LogP contribution in [0.5, 0.6) is 11.5 Å². The molecule has 1 heterocycles. The predicted molar refractivity (Wildman–Crippen MR) is 68.6 cm³/mol. The lowest BCUT2D eigenvalue weighted by Crippen LogP contribution is -2.14. The number of ether oxygens (including phenoxy) is 2. The van der Waals surface area contributed by atoms with E-state index in [0.717, 1.165) is 44.0 Å². The summed E-state index contributed by atoms with van der Waals surface area (Å²) in [5.74, 6) is 1.67. The van der Waals surface area contributed by atoms with E-state index in [0.29, 0.717) is 13.0 Å². The lowest BCUT2D eigenvalue weighted by atomic mass is 10.2. The Morgan fingerprint density at radius 3 is 2.89 bits per heavy atom. The molecular formula is C14H18N2O2. The van der Waals surface area contributed by atoms with Crippen molar-refractivity contribution in [1.29, 1.82) is 5.26 Å². The minimum atomic E-state index is 0.605. The molecule has 2 rings (SSSR count). The molecule has 0 atom stereocenters. The van der Waals surface area contributed by atoms with E-state index in [1.165, 1.54) is 5.56 Å². The Balaban J connectivity index is 1.86. The third-order valence-electron chi connectivity index (χ3n) is 2.78. The molecule has 1 aromatic rings. The Kier molecular flexibility index (Phi) is 4.86. The number of benzene rings is 1. The Morgan fingerprint density at radius 2 is 2.06 bits per heavy atom. The van der Waals surface area contributed by atoms with Gasteiger partial charge in [0.25, 0.3) is 0 Å². The fraction of sp³-hybridized carbons (Fsp3) is 0.500. The summed E-state index contributed by atoms with van der Waals surface area (Å²) < 4.78 is 11.2. The zero-order valence-corrected chi connectivity index (χ0v) is 10.4. The molecule has 0 bridgehead atoms. The van der Waals surface area contributed by atoms with Gasteiger partial charge >= 0.3 is 0 Å². The van der Waals surface area contributed by atoms with Gasteiger partial charge in [0.2, 0.25) is 0 Å². The topological polar surface area (TPSA) is 54.3 Å². The summed E-state index contributed by atoms with van der Waals surface area (Å²) in [5.41, 5.74) is 1.18. The molecule has 18 heavy (non-hydrogen) atoms. The second-order valence-electron chi connectivity index (χ2n) is 4.27. The van der Waals surface area contributed by atoms with Crippen molar-refractivity contribution in [2.45, 2.75) is 25.8 Å². The second-order valence-corrected chi connectivity index (χ2v) is 4.27. The Labute approximate surface area is 108 Å². The van der Waals surface area contributed by atoms with Gasteiger partial charge < -0.3 is 14.8 Å². The number of nitriles is 1. The highest BCUT2D eigenvalue weighted by Crippen LogP contribution is 2.30. The van der Waals surface area contributed by atoms with Gasteiger partial charge in [-0.1, -0.05) is 6.07 Å². The Morgan fingerprint density at radius 1 is 1.22 bits per heavy atom. The smallest absolute Gasteiger partial charge is 0.161 e. The molecule has 4 nitrogen and oxygen atoms in total. The summed E-state index contributed by atoms with van der Waals surface area (Å²) in [4.78, 5) is 0. The summed E-state index contributed by atoms with van der Waals surface area (Å²) in [6.45, 7) is 3.09. The van der Waals surface area contributed by atoms with Gasteiger partial charge in [-0.05, 0) is 30.7 Å². The van der Waals surface area contributed by atoms with Crippen LogP contribution in [0.1, 0.15) is 24.8 Å². The van der Waals surface area contributed by atoms with Crippen molar-refractivity contribution in [1.82, 2.24) is 5.32 Å². The SMILES string of the molecule is N#CCCCNCc1ccc2c(c1)OCCCO2. The molecule has 4 heteroatoms. The molecule has 0 fully saturated rings. The first-order valence-corrected chi connectivity index (χ1v) is 6.36. The van der Waals surface area contributed by atoms with Crippen molar-refractivity contribution < 1.29 is 9.47 Å². The van der Waals surface area contributed by atoms with Crippen LogP contribution in [0.15, 0.2) is 18.2 Å². The maximum absolute atomic E-state index is 8.43. The number of nitrogens with zero attached hydrogens (tertiary/aromatic N) is 1. The minimum Gasteiger partial charge on any atom is -0.490 e. The minimum absolute atomic E-state index is 0.605. The van der Waals surface area contributed by atoms with Crippen LogP contribution in [0, 0.1) is 11.3 Å². The molecule has 1 aliphatic heterocycles. The van der Waals surface area contributed by atoms with Crippen LogP contribution >= 0.6 is 0 Å². The van der Waals surface area contributed by atoms with Crippen LogP contribution < -0.4 is 14.8 Å². The average molecular weight is 246 g/mol. The van der Waals surface area contributed by atoms with Gasteiger partial charge in [-0.2, -0.15) is 5.26 Å². The summed E-state index contributed by atoms with van der Waals surface area (Å²) in [5, 5.41) is 11.7. The highest BCUT2D eigenvalue weighted by atomic mass is 16.5. The van der Waals surface area contributed by atoms with Crippen LogP contribution in [0.25, 0.3) is 0 Å². The van der Waals surface area contributed by atoms with E-state index in [4.69, 9.17) is 14.7 Å². The number of unbranched alkanes of at least 4 members (excludes halogenated alkanes) is 1. The van der Waals surface area contributed by atoms with E-state index in [1.807, 2.05) is 18.2 Å². The van der Waals surface area contributed by atoms with Crippen LogP contribution in [0.3, 0.4) is 0 Å². The van der Waals surface area contributed by atoms with E-state index in [-0.39, 0.29) is 0 Å². The van der Waals surface area contributed by atoms with Crippen molar-refractivity contribution in [3.05, 3.63) is 23.8 Å². The third-order valence-corrected chi connectivity index (χ3v) is 2.78. The standard InChI is InChI=1S/C14H18N2O2/c15-6-1-2-7-16-11-12-4-5-13-14(10-12)18-9-3-8-17-13/h4-5,10,16H,1-3,7-9,11H2. The molecule has 0 unspecified atom stereocenters. The van der Waals surface area contributed by atoms with Crippen molar-refractivity contribution >= 4 is 0 Å². The van der Waals surface area contributed by atoms with Crippen LogP contribution in [0.4, 0.5) is 0 Å². The molecule has 0 spiro atoms. The molecule has 96 valence electrons. The number of nitrogens with one attached hydrogen (secondary N) is 1. The van der Waals surface area contributed by atoms with Crippen LogP contribution in [-0.4, -0.2) is 19.8 Å². The molecule has 1 N–H and O–H groups in total. The van der Waals surface area contributed by atoms with Gasteiger partial charge in [0, 0.05) is 19.4 Å². The van der Waals surface area contributed by atoms with Gasteiger partial charge in [0.1, 0.15) is 0 Å². The third kappa shape index (κ3) is 3.64. The maximum Gasteiger partial charge on any atom is 0.161 e. The number of fused-ring (bicyclic) bond motifs is 1. The fourth-order valence-electron chi connectivity index (χ4n) is 1.84. The predicted octanol–water partition coefficient (Wildman–Crippen LogP) is 2.24. The first-order valence-electron chi connectivity index (χ1n) is 6.36. The molecule has 0 aromatic heterocycles. The quantitative estimate of drug-likeness (QED) is 0.809. The normalized spacial score (nSPS) is 13.7. The first kappa shape index (κ1) is 12.7. The van der Waals surface area contributed by atoms with Crippen LogP contribution in [-0.2, 0) is 6.54 Å². The molecule has 0 saturated heterocycles. The number of hydrogen-bond acceptors (Lipinski definition) is 4. The van der Waals surface area contributed by atoms with Crippen molar-refractivity contribution in [2.75, 3.05) is 19.8 Å². The van der Waals surface area contributed by atoms with Gasteiger partial charge in [-0.25, -0.2) is 0 Å². The Hall–Kier alpha value is -1.73. The lowest BCUT2D eigenvalue weighted by molar-refractivity contribution is 0.297. The highest BCUT2D eigenvalue weighted by molar-refractivity contribution is 5.43. The van der Waals surface area contributed by atoms with Crippen molar-refractivity contribution in [3.63, 3.8) is 0 Å². The molecule has 0 aliphatic carbocycles. The average Bonchev–Trinajstić information content (AvgIpc) is 2.63. The van der Waals surface area contributed by atoms with Crippen molar-refractivity contribution in [2.24, 2.45) is 0 Å². The Bertz CT molecular complexity index is 426. The summed E-state index contributed by atoms with van der Waals surface area (Å²) in [6, 6.07) is 8.18. The largest absolute Gasteiger partial charge is 0.490 e. The molecule has 0 radical (unpaired) electrons. The highest BCUT2D eigenvalue weighted by Gasteiger charge is 2.10. The maximum atomic E-state index is 8.43. The van der Waals surface area contributed by atoms with Gasteiger partial charge in [-0.15, -0.1) is 0 Å². The van der Waals surface area contributed by atoms with E-state index >= 15 is 0 Å². The molecule has 0 amide bonds. The molecule has 1 aromatic carbocycles. The first-order chi connectivity index (χ1) is 8.90. The zero-order valence-electron chi connectivity index (χ0n) is 10.4. The fourth-order valence-corrected chi connectivity index (χ4v) is 1.84. The van der Waals surface area contributed by atoms with Crippen LogP contribution in [0.2, 0.25) is 0 Å². The monoisotopic (exact) mass is 246 g/mol. The van der Waals surface area contributed by atoms with E-state index in [9.17, 15) is 0 Å². The van der Waals surface area contributed by atoms with Gasteiger partial charge in [0.15, 0.2) is 11.5 Å². The zero-order chi connectivity index (χ0) is 12.6. The molecular weight excluding hydrogens is 228 g/mol. The van der Waals surface area contributed by atoms with E-state index < -0.39 is 0 Å². The van der Waals surface area contributed by atoms with E-state index in [1.54, 1.807) is 0 Å². The van der Waals surface area contributed by atoms with E-state index in [2.05, 4.69) is 11.4 Å². The summed E-state index contributed by atoms with van der Waals surface area (Å²) in [7, 11) is 0. The summed E-state index contributed by atoms with van der Waals surface area (Å²) >= 11 is 0. The second kappa shape index (κ2) is 6.87.